The van der Waals surface area contributed by atoms with Gasteiger partial charge in [0, 0.05) is 28.6 Å². The van der Waals surface area contributed by atoms with E-state index in [1.54, 1.807) is 11.8 Å². The van der Waals surface area contributed by atoms with Gasteiger partial charge in [0.2, 0.25) is 5.91 Å². The van der Waals surface area contributed by atoms with E-state index in [0.717, 1.165) is 27.6 Å². The second-order valence-corrected chi connectivity index (χ2v) is 6.03. The maximum Gasteiger partial charge on any atom is 0.223 e. The molecule has 2 rings (SSSR count). The van der Waals surface area contributed by atoms with Gasteiger partial charge in [-0.25, -0.2) is 4.98 Å². The molecule has 1 aromatic heterocycles. The van der Waals surface area contributed by atoms with Crippen LogP contribution >= 0.6 is 23.1 Å². The average molecular weight is 293 g/mol. The fourth-order valence-corrected chi connectivity index (χ4v) is 3.24. The molecule has 19 heavy (non-hydrogen) atoms. The number of amides is 1. The summed E-state index contributed by atoms with van der Waals surface area (Å²) < 4.78 is 0. The Morgan fingerprint density at radius 1 is 1.53 bits per heavy atom. The molecule has 0 spiro atoms. The van der Waals surface area contributed by atoms with Gasteiger partial charge in [-0.1, -0.05) is 6.07 Å². The molecule has 0 saturated carbocycles. The summed E-state index contributed by atoms with van der Waals surface area (Å²) in [6.45, 7) is 3.49. The van der Waals surface area contributed by atoms with Crippen LogP contribution in [0.3, 0.4) is 0 Å². The predicted molar refractivity (Wildman–Crippen MR) is 81.6 cm³/mol. The van der Waals surface area contributed by atoms with Gasteiger partial charge in [-0.05, 0) is 24.6 Å². The Labute approximate surface area is 120 Å². The van der Waals surface area contributed by atoms with E-state index in [-0.39, 0.29) is 5.91 Å². The molecule has 0 saturated heterocycles. The maximum atomic E-state index is 10.9. The number of rotatable bonds is 4. The number of carbonyl (C=O) groups excluding carboxylic acids is 1. The van der Waals surface area contributed by atoms with Gasteiger partial charge in [-0.2, -0.15) is 0 Å². The summed E-state index contributed by atoms with van der Waals surface area (Å²) in [6.07, 6.45) is 0. The number of thioether (sulfide) groups is 1. The summed E-state index contributed by atoms with van der Waals surface area (Å²) in [5, 5.41) is 5.26. The third-order valence-electron chi connectivity index (χ3n) is 2.38. The molecule has 6 heteroatoms. The van der Waals surface area contributed by atoms with Crippen molar-refractivity contribution in [2.75, 3.05) is 11.1 Å². The smallest absolute Gasteiger partial charge is 0.223 e. The van der Waals surface area contributed by atoms with Crippen molar-refractivity contribution in [3.05, 3.63) is 34.8 Å². The van der Waals surface area contributed by atoms with Crippen LogP contribution in [0, 0.1) is 6.92 Å². The van der Waals surface area contributed by atoms with Crippen molar-refractivity contribution in [2.24, 2.45) is 0 Å². The van der Waals surface area contributed by atoms with Crippen LogP contribution in [0.15, 0.2) is 28.5 Å². The monoisotopic (exact) mass is 293 g/mol. The number of nitrogens with zero attached hydrogens (tertiary/aromatic N) is 1. The molecular formula is C13H15N3OS2. The minimum atomic E-state index is -0.101. The Hall–Kier alpha value is -1.53. The lowest BCUT2D eigenvalue weighted by atomic mass is 10.2. The van der Waals surface area contributed by atoms with E-state index in [1.165, 1.54) is 18.3 Å². The molecule has 0 radical (unpaired) electrons. The first-order chi connectivity index (χ1) is 9.04. The predicted octanol–water partition coefficient (Wildman–Crippen LogP) is 3.28. The van der Waals surface area contributed by atoms with E-state index >= 15 is 0 Å². The normalized spacial score (nSPS) is 10.4. The number of hydrogen-bond donors (Lipinski definition) is 2. The van der Waals surface area contributed by atoms with Gasteiger partial charge in [0.1, 0.15) is 0 Å². The van der Waals surface area contributed by atoms with Crippen molar-refractivity contribution in [2.45, 2.75) is 24.5 Å². The summed E-state index contributed by atoms with van der Waals surface area (Å²) in [6, 6.07) is 6.03. The highest BCUT2D eigenvalue weighted by atomic mass is 32.2. The number of nitrogens with one attached hydrogen (secondary N) is 1. The largest absolute Gasteiger partial charge is 0.398 e. The fourth-order valence-electron chi connectivity index (χ4n) is 1.53. The van der Waals surface area contributed by atoms with E-state index in [1.807, 2.05) is 30.5 Å². The molecule has 0 bridgehead atoms. The van der Waals surface area contributed by atoms with Crippen molar-refractivity contribution < 1.29 is 4.79 Å². The van der Waals surface area contributed by atoms with E-state index in [9.17, 15) is 4.79 Å². The molecule has 0 aliphatic rings. The summed E-state index contributed by atoms with van der Waals surface area (Å²) >= 11 is 3.08. The molecule has 4 nitrogen and oxygen atoms in total. The number of nitrogen functional groups attached to an aromatic ring is 1. The number of aromatic nitrogens is 1. The molecule has 0 unspecified atom stereocenters. The second kappa shape index (κ2) is 6.08. The number of hydrogen-bond acceptors (Lipinski definition) is 5. The summed E-state index contributed by atoms with van der Waals surface area (Å²) in [5.74, 6) is 0.639. The van der Waals surface area contributed by atoms with Crippen molar-refractivity contribution in [3.8, 4) is 0 Å². The van der Waals surface area contributed by atoms with Crippen molar-refractivity contribution >= 4 is 39.8 Å². The Balaban J connectivity index is 1.98. The molecule has 1 aromatic carbocycles. The summed E-state index contributed by atoms with van der Waals surface area (Å²) in [5.41, 5.74) is 8.85. The minimum absolute atomic E-state index is 0.101. The Kier molecular flexibility index (Phi) is 4.44. The maximum absolute atomic E-state index is 10.9. The summed E-state index contributed by atoms with van der Waals surface area (Å²) in [4.78, 5) is 16.3. The van der Waals surface area contributed by atoms with E-state index in [2.05, 4.69) is 10.3 Å². The van der Waals surface area contributed by atoms with Crippen molar-refractivity contribution in [3.63, 3.8) is 0 Å². The van der Waals surface area contributed by atoms with Crippen molar-refractivity contribution in [1.82, 2.24) is 4.98 Å². The van der Waals surface area contributed by atoms with Crippen LogP contribution in [0.4, 0.5) is 10.8 Å². The van der Waals surface area contributed by atoms with Gasteiger partial charge in [0.15, 0.2) is 5.13 Å². The van der Waals surface area contributed by atoms with Crippen LogP contribution < -0.4 is 11.1 Å². The fraction of sp³-hybridized carbons (Fsp3) is 0.231. The highest BCUT2D eigenvalue weighted by Crippen LogP contribution is 2.29. The second-order valence-electron chi connectivity index (χ2n) is 4.16. The van der Waals surface area contributed by atoms with Gasteiger partial charge in [0.25, 0.3) is 0 Å². The van der Waals surface area contributed by atoms with E-state index in [4.69, 9.17) is 5.73 Å². The van der Waals surface area contributed by atoms with E-state index < -0.39 is 0 Å². The first-order valence-electron chi connectivity index (χ1n) is 5.75. The number of benzene rings is 1. The SMILES string of the molecule is CC(=O)Nc1nc(CSc2ccc(C)cc2N)cs1. The molecule has 2 aromatic rings. The quantitative estimate of drug-likeness (QED) is 0.670. The molecule has 0 aliphatic heterocycles. The molecule has 1 heterocycles. The van der Waals surface area contributed by atoms with Crippen LogP contribution in [0.1, 0.15) is 18.2 Å². The van der Waals surface area contributed by atoms with Gasteiger partial charge in [-0.3, -0.25) is 4.79 Å². The molecule has 0 fully saturated rings. The number of anilines is 2. The zero-order valence-electron chi connectivity index (χ0n) is 10.8. The van der Waals surface area contributed by atoms with Crippen LogP contribution in [0.2, 0.25) is 0 Å². The average Bonchev–Trinajstić information content (AvgIpc) is 2.74. The number of nitrogens with two attached hydrogens (primary N) is 1. The number of thiazole rings is 1. The first-order valence-corrected chi connectivity index (χ1v) is 7.62. The lowest BCUT2D eigenvalue weighted by Gasteiger charge is -2.04. The van der Waals surface area contributed by atoms with Gasteiger partial charge in [0.05, 0.1) is 5.69 Å². The topological polar surface area (TPSA) is 68.0 Å². The standard InChI is InChI=1S/C13H15N3OS2/c1-8-3-4-12(11(14)5-8)18-6-10-7-19-13(16-10)15-9(2)17/h3-5,7H,6,14H2,1-2H3,(H,15,16,17). The van der Waals surface area contributed by atoms with Gasteiger partial charge >= 0.3 is 0 Å². The summed E-state index contributed by atoms with van der Waals surface area (Å²) in [7, 11) is 0. The number of aryl methyl sites for hydroxylation is 1. The molecule has 1 amide bonds. The zero-order chi connectivity index (χ0) is 13.8. The molecule has 3 N–H and O–H groups in total. The van der Waals surface area contributed by atoms with Crippen LogP contribution in [-0.2, 0) is 10.5 Å². The minimum Gasteiger partial charge on any atom is -0.398 e. The Bertz CT molecular complexity index is 595. The van der Waals surface area contributed by atoms with Crippen LogP contribution in [0.25, 0.3) is 0 Å². The highest BCUT2D eigenvalue weighted by molar-refractivity contribution is 7.98. The first kappa shape index (κ1) is 13.9. The molecule has 0 aliphatic carbocycles. The van der Waals surface area contributed by atoms with Crippen molar-refractivity contribution in [1.29, 1.82) is 0 Å². The molecule has 0 atom stereocenters. The Morgan fingerprint density at radius 3 is 3.00 bits per heavy atom. The van der Waals surface area contributed by atoms with Crippen LogP contribution in [-0.4, -0.2) is 10.9 Å². The lowest BCUT2D eigenvalue weighted by molar-refractivity contribution is -0.114. The van der Waals surface area contributed by atoms with Gasteiger partial charge in [-0.15, -0.1) is 23.1 Å². The third kappa shape index (κ3) is 3.97. The molecular weight excluding hydrogens is 278 g/mol. The number of carbonyl (C=O) groups is 1. The molecule has 100 valence electrons. The van der Waals surface area contributed by atoms with E-state index in [0.29, 0.717) is 5.13 Å². The lowest BCUT2D eigenvalue weighted by Crippen LogP contribution is -2.05. The Morgan fingerprint density at radius 2 is 2.32 bits per heavy atom. The third-order valence-corrected chi connectivity index (χ3v) is 4.30. The van der Waals surface area contributed by atoms with Crippen LogP contribution in [0.5, 0.6) is 0 Å². The van der Waals surface area contributed by atoms with Gasteiger partial charge < -0.3 is 11.1 Å². The zero-order valence-corrected chi connectivity index (χ0v) is 12.4. The highest BCUT2D eigenvalue weighted by Gasteiger charge is 2.05.